The minimum atomic E-state index is -0.0802. The van der Waals surface area contributed by atoms with Crippen LogP contribution < -0.4 is 5.32 Å². The third-order valence-electron chi connectivity index (χ3n) is 3.03. The fraction of sp³-hybridized carbons (Fsp3) is 0.0625. The number of nitrogens with one attached hydrogen (secondary N) is 1. The Morgan fingerprint density at radius 1 is 1.17 bits per heavy atom. The van der Waals surface area contributed by atoms with Crippen LogP contribution in [0.1, 0.15) is 0 Å². The summed E-state index contributed by atoms with van der Waals surface area (Å²) in [6.45, 7) is 0. The van der Waals surface area contributed by atoms with Crippen LogP contribution in [0.4, 0.5) is 5.69 Å². The third-order valence-corrected chi connectivity index (χ3v) is 4.54. The van der Waals surface area contributed by atoms with E-state index in [2.05, 4.69) is 15.4 Å². The first-order valence-electron chi connectivity index (χ1n) is 6.84. The second-order valence-electron chi connectivity index (χ2n) is 4.65. The molecule has 2 aromatic carbocycles. The summed E-state index contributed by atoms with van der Waals surface area (Å²) in [7, 11) is 0. The zero-order chi connectivity index (χ0) is 16.1. The van der Waals surface area contributed by atoms with Crippen LogP contribution in [0.5, 0.6) is 0 Å². The van der Waals surface area contributed by atoms with Crippen LogP contribution in [0, 0.1) is 0 Å². The average molecular weight is 345 g/mol. The molecule has 0 aliphatic carbocycles. The third kappa shape index (κ3) is 4.12. The highest BCUT2D eigenvalue weighted by Crippen LogP contribution is 2.26. The van der Waals surface area contributed by atoms with Crippen LogP contribution in [0.25, 0.3) is 5.69 Å². The first kappa shape index (κ1) is 15.6. The lowest BCUT2D eigenvalue weighted by atomic mass is 10.3. The van der Waals surface area contributed by atoms with Gasteiger partial charge < -0.3 is 5.32 Å². The Balaban J connectivity index is 1.57. The van der Waals surface area contributed by atoms with Crippen LogP contribution in [0.15, 0.2) is 66.1 Å². The minimum absolute atomic E-state index is 0.0802. The lowest BCUT2D eigenvalue weighted by Crippen LogP contribution is -2.14. The molecule has 0 atom stereocenters. The zero-order valence-electron chi connectivity index (χ0n) is 12.0. The largest absolute Gasteiger partial charge is 0.325 e. The van der Waals surface area contributed by atoms with Crippen molar-refractivity contribution in [2.45, 2.75) is 4.90 Å². The SMILES string of the molecule is O=C(CSc1ccccc1Cl)Nc1ccc(-n2cncn2)cc1. The van der Waals surface area contributed by atoms with Crippen LogP contribution in [0.3, 0.4) is 0 Å². The van der Waals surface area contributed by atoms with Crippen molar-refractivity contribution < 1.29 is 4.79 Å². The molecule has 23 heavy (non-hydrogen) atoms. The summed E-state index contributed by atoms with van der Waals surface area (Å²) >= 11 is 7.48. The normalized spacial score (nSPS) is 10.5. The molecule has 0 fully saturated rings. The Morgan fingerprint density at radius 2 is 1.96 bits per heavy atom. The van der Waals surface area contributed by atoms with Crippen molar-refractivity contribution in [1.29, 1.82) is 0 Å². The van der Waals surface area contributed by atoms with E-state index in [0.29, 0.717) is 10.8 Å². The average Bonchev–Trinajstić information content (AvgIpc) is 3.09. The van der Waals surface area contributed by atoms with E-state index in [1.54, 1.807) is 11.0 Å². The van der Waals surface area contributed by atoms with E-state index in [1.807, 2.05) is 48.5 Å². The predicted octanol–water partition coefficient (Wildman–Crippen LogP) is 3.65. The Bertz CT molecular complexity index is 790. The molecule has 1 heterocycles. The molecule has 1 N–H and O–H groups in total. The summed E-state index contributed by atoms with van der Waals surface area (Å²) in [5.74, 6) is 0.220. The molecule has 0 saturated heterocycles. The maximum absolute atomic E-state index is 12.0. The zero-order valence-corrected chi connectivity index (χ0v) is 13.6. The Morgan fingerprint density at radius 3 is 2.65 bits per heavy atom. The Labute approximate surface area is 142 Å². The molecule has 0 aliphatic rings. The lowest BCUT2D eigenvalue weighted by Gasteiger charge is -2.07. The fourth-order valence-electron chi connectivity index (χ4n) is 1.94. The number of nitrogens with zero attached hydrogens (tertiary/aromatic N) is 3. The summed E-state index contributed by atoms with van der Waals surface area (Å²) in [6.07, 6.45) is 3.09. The van der Waals surface area contributed by atoms with Gasteiger partial charge in [0.2, 0.25) is 5.91 Å². The van der Waals surface area contributed by atoms with Gasteiger partial charge in [0.1, 0.15) is 12.7 Å². The number of hydrogen-bond donors (Lipinski definition) is 1. The highest BCUT2D eigenvalue weighted by Gasteiger charge is 2.06. The van der Waals surface area contributed by atoms with Gasteiger partial charge in [-0.15, -0.1) is 11.8 Å². The molecule has 0 unspecified atom stereocenters. The number of amides is 1. The van der Waals surface area contributed by atoms with Crippen LogP contribution in [-0.2, 0) is 4.79 Å². The topological polar surface area (TPSA) is 59.8 Å². The molecule has 3 rings (SSSR count). The summed E-state index contributed by atoms with van der Waals surface area (Å²) in [6, 6.07) is 14.9. The van der Waals surface area contributed by atoms with E-state index < -0.39 is 0 Å². The molecule has 7 heteroatoms. The van der Waals surface area contributed by atoms with E-state index >= 15 is 0 Å². The first-order chi connectivity index (χ1) is 11.2. The van der Waals surface area contributed by atoms with E-state index in [0.717, 1.165) is 16.3 Å². The second kappa shape index (κ2) is 7.30. The molecule has 116 valence electrons. The maximum atomic E-state index is 12.0. The molecule has 1 amide bonds. The van der Waals surface area contributed by atoms with Crippen LogP contribution in [-0.4, -0.2) is 26.4 Å². The van der Waals surface area contributed by atoms with Gasteiger partial charge in [-0.05, 0) is 36.4 Å². The molecule has 0 aliphatic heterocycles. The lowest BCUT2D eigenvalue weighted by molar-refractivity contribution is -0.113. The monoisotopic (exact) mass is 344 g/mol. The van der Waals surface area contributed by atoms with Crippen molar-refractivity contribution in [3.8, 4) is 5.69 Å². The highest BCUT2D eigenvalue weighted by molar-refractivity contribution is 8.00. The number of aromatic nitrogens is 3. The van der Waals surface area contributed by atoms with Crippen LogP contribution in [0.2, 0.25) is 5.02 Å². The second-order valence-corrected chi connectivity index (χ2v) is 6.08. The fourth-order valence-corrected chi connectivity index (χ4v) is 2.98. The van der Waals surface area contributed by atoms with Gasteiger partial charge in [-0.3, -0.25) is 4.79 Å². The van der Waals surface area contributed by atoms with Gasteiger partial charge in [0.05, 0.1) is 16.5 Å². The predicted molar refractivity (Wildman–Crippen MR) is 92.2 cm³/mol. The van der Waals surface area contributed by atoms with Gasteiger partial charge in [-0.1, -0.05) is 23.7 Å². The molecule has 0 spiro atoms. The van der Waals surface area contributed by atoms with Crippen LogP contribution >= 0.6 is 23.4 Å². The molecule has 5 nitrogen and oxygen atoms in total. The van der Waals surface area contributed by atoms with Gasteiger partial charge in [-0.25, -0.2) is 9.67 Å². The molecule has 0 radical (unpaired) electrons. The van der Waals surface area contributed by atoms with E-state index in [9.17, 15) is 4.79 Å². The molecule has 3 aromatic rings. The number of rotatable bonds is 5. The van der Waals surface area contributed by atoms with Crippen molar-refractivity contribution >= 4 is 35.0 Å². The van der Waals surface area contributed by atoms with E-state index in [1.165, 1.54) is 18.1 Å². The molecular weight excluding hydrogens is 332 g/mol. The van der Waals surface area contributed by atoms with Gasteiger partial charge in [0, 0.05) is 10.6 Å². The summed E-state index contributed by atoms with van der Waals surface area (Å²) in [5, 5.41) is 7.56. The molecular formula is C16H13ClN4OS. The smallest absolute Gasteiger partial charge is 0.234 e. The van der Waals surface area contributed by atoms with Crippen molar-refractivity contribution in [3.63, 3.8) is 0 Å². The molecule has 0 saturated carbocycles. The van der Waals surface area contributed by atoms with Gasteiger partial charge in [0.15, 0.2) is 0 Å². The van der Waals surface area contributed by atoms with Gasteiger partial charge in [0.25, 0.3) is 0 Å². The van der Waals surface area contributed by atoms with Gasteiger partial charge >= 0.3 is 0 Å². The summed E-state index contributed by atoms with van der Waals surface area (Å²) < 4.78 is 1.65. The number of halogens is 1. The van der Waals surface area contributed by atoms with Gasteiger partial charge in [-0.2, -0.15) is 5.10 Å². The number of carbonyl (C=O) groups is 1. The minimum Gasteiger partial charge on any atom is -0.325 e. The number of thioether (sulfide) groups is 1. The maximum Gasteiger partial charge on any atom is 0.234 e. The Hall–Kier alpha value is -2.31. The standard InChI is InChI=1S/C16H13ClN4OS/c17-14-3-1-2-4-15(14)23-9-16(22)20-12-5-7-13(8-6-12)21-11-18-10-19-21/h1-8,10-11H,9H2,(H,20,22). The number of benzene rings is 2. The van der Waals surface area contributed by atoms with Crippen molar-refractivity contribution in [2.24, 2.45) is 0 Å². The van der Waals surface area contributed by atoms with E-state index in [-0.39, 0.29) is 5.91 Å². The number of anilines is 1. The summed E-state index contributed by atoms with van der Waals surface area (Å²) in [5.41, 5.74) is 1.62. The van der Waals surface area contributed by atoms with E-state index in [4.69, 9.17) is 11.6 Å². The molecule has 0 bridgehead atoms. The Kier molecular flexibility index (Phi) is 4.95. The van der Waals surface area contributed by atoms with Crippen molar-refractivity contribution in [3.05, 3.63) is 66.2 Å². The van der Waals surface area contributed by atoms with Crippen molar-refractivity contribution in [1.82, 2.24) is 14.8 Å². The first-order valence-corrected chi connectivity index (χ1v) is 8.21. The number of hydrogen-bond acceptors (Lipinski definition) is 4. The highest BCUT2D eigenvalue weighted by atomic mass is 35.5. The molecule has 1 aromatic heterocycles. The van der Waals surface area contributed by atoms with Crippen molar-refractivity contribution in [2.75, 3.05) is 11.1 Å². The quantitative estimate of drug-likeness (QED) is 0.718. The summed E-state index contributed by atoms with van der Waals surface area (Å²) in [4.78, 5) is 16.8. The number of carbonyl (C=O) groups excluding carboxylic acids is 1.